The number of nitrogens with one attached hydrogen (secondary N) is 1. The molecule has 1 aromatic carbocycles. The lowest BCUT2D eigenvalue weighted by atomic mass is 10.1. The van der Waals surface area contributed by atoms with Crippen LogP contribution in [0.4, 0.5) is 10.7 Å². The van der Waals surface area contributed by atoms with E-state index in [4.69, 9.17) is 5.11 Å². The summed E-state index contributed by atoms with van der Waals surface area (Å²) in [6.45, 7) is 0. The first-order valence-corrected chi connectivity index (χ1v) is 6.69. The van der Waals surface area contributed by atoms with Crippen LogP contribution in [0.5, 0.6) is 0 Å². The number of hydrogen-bond donors (Lipinski definition) is 2. The Kier molecular flexibility index (Phi) is 4.29. The molecule has 0 spiro atoms. The van der Waals surface area contributed by atoms with E-state index in [0.29, 0.717) is 11.3 Å². The SMILES string of the molecule is O=C(O)Cc1ccccc1NC(=O)c1csc([N+](=O)[O-])c1. The summed E-state index contributed by atoms with van der Waals surface area (Å²) in [7, 11) is 0. The molecule has 0 aliphatic heterocycles. The number of nitrogens with zero attached hydrogens (tertiary/aromatic N) is 1. The van der Waals surface area contributed by atoms with Crippen LogP contribution in [0, 0.1) is 10.1 Å². The number of hydrogen-bond acceptors (Lipinski definition) is 5. The number of thiophene rings is 1. The topological polar surface area (TPSA) is 110 Å². The third-order valence-electron chi connectivity index (χ3n) is 2.63. The summed E-state index contributed by atoms with van der Waals surface area (Å²) in [4.78, 5) is 32.8. The Morgan fingerprint density at radius 1 is 1.33 bits per heavy atom. The molecule has 0 saturated carbocycles. The van der Waals surface area contributed by atoms with Crippen molar-refractivity contribution in [1.29, 1.82) is 0 Å². The lowest BCUT2D eigenvalue weighted by Crippen LogP contribution is -2.13. The van der Waals surface area contributed by atoms with Crippen LogP contribution < -0.4 is 5.32 Å². The number of nitro groups is 1. The molecule has 0 radical (unpaired) electrons. The zero-order valence-electron chi connectivity index (χ0n) is 10.6. The van der Waals surface area contributed by atoms with Gasteiger partial charge in [0.05, 0.1) is 16.9 Å². The second-order valence-electron chi connectivity index (χ2n) is 4.11. The predicted molar refractivity (Wildman–Crippen MR) is 76.7 cm³/mol. The van der Waals surface area contributed by atoms with Gasteiger partial charge in [-0.3, -0.25) is 19.7 Å². The van der Waals surface area contributed by atoms with Crippen molar-refractivity contribution in [3.63, 3.8) is 0 Å². The van der Waals surface area contributed by atoms with Crippen LogP contribution in [-0.4, -0.2) is 21.9 Å². The van der Waals surface area contributed by atoms with Crippen molar-refractivity contribution in [2.75, 3.05) is 5.32 Å². The molecule has 21 heavy (non-hydrogen) atoms. The van der Waals surface area contributed by atoms with Crippen molar-refractivity contribution in [3.05, 3.63) is 57.0 Å². The van der Waals surface area contributed by atoms with Gasteiger partial charge in [-0.15, -0.1) is 0 Å². The second-order valence-corrected chi connectivity index (χ2v) is 5.00. The average Bonchev–Trinajstić information content (AvgIpc) is 2.90. The molecule has 0 aliphatic carbocycles. The smallest absolute Gasteiger partial charge is 0.324 e. The van der Waals surface area contributed by atoms with Gasteiger partial charge in [-0.25, -0.2) is 0 Å². The van der Waals surface area contributed by atoms with Gasteiger partial charge in [-0.05, 0) is 11.6 Å². The fourth-order valence-corrected chi connectivity index (χ4v) is 2.40. The lowest BCUT2D eigenvalue weighted by molar-refractivity contribution is -0.380. The van der Waals surface area contributed by atoms with Crippen LogP contribution in [0.25, 0.3) is 0 Å². The summed E-state index contributed by atoms with van der Waals surface area (Å²) in [6.07, 6.45) is -0.222. The molecule has 0 saturated heterocycles. The van der Waals surface area contributed by atoms with E-state index < -0.39 is 16.8 Å². The van der Waals surface area contributed by atoms with Gasteiger partial charge in [0.1, 0.15) is 0 Å². The third kappa shape index (κ3) is 3.63. The number of benzene rings is 1. The maximum atomic E-state index is 12.0. The molecule has 0 atom stereocenters. The number of carboxylic acid groups (broad SMARTS) is 1. The first-order valence-electron chi connectivity index (χ1n) is 5.81. The van der Waals surface area contributed by atoms with E-state index in [1.165, 1.54) is 11.4 Å². The standard InChI is InChI=1S/C13H10N2O5S/c16-12(17)6-8-3-1-2-4-10(8)14-13(18)9-5-11(15(19)20)21-7-9/h1-5,7H,6H2,(H,14,18)(H,16,17). The minimum absolute atomic E-state index is 0.126. The molecule has 1 aromatic heterocycles. The number of aliphatic carboxylic acids is 1. The Balaban J connectivity index is 2.19. The summed E-state index contributed by atoms with van der Waals surface area (Å²) < 4.78 is 0. The van der Waals surface area contributed by atoms with Gasteiger partial charge in [0.15, 0.2) is 0 Å². The zero-order valence-corrected chi connectivity index (χ0v) is 11.4. The normalized spacial score (nSPS) is 10.1. The summed E-state index contributed by atoms with van der Waals surface area (Å²) in [5.74, 6) is -1.53. The maximum Gasteiger partial charge on any atom is 0.324 e. The predicted octanol–water partition coefficient (Wildman–Crippen LogP) is 2.54. The molecule has 2 aromatic rings. The number of rotatable bonds is 5. The van der Waals surface area contributed by atoms with Crippen LogP contribution in [0.3, 0.4) is 0 Å². The molecule has 1 heterocycles. The largest absolute Gasteiger partial charge is 0.481 e. The van der Waals surface area contributed by atoms with Crippen molar-refractivity contribution in [2.45, 2.75) is 6.42 Å². The number of carbonyl (C=O) groups is 2. The molecule has 0 bridgehead atoms. The monoisotopic (exact) mass is 306 g/mol. The van der Waals surface area contributed by atoms with E-state index in [-0.39, 0.29) is 17.0 Å². The van der Waals surface area contributed by atoms with Gasteiger partial charge in [0.25, 0.3) is 5.91 Å². The summed E-state index contributed by atoms with van der Waals surface area (Å²) in [5, 5.41) is 23.2. The Morgan fingerprint density at radius 3 is 2.67 bits per heavy atom. The van der Waals surface area contributed by atoms with E-state index in [9.17, 15) is 19.7 Å². The summed E-state index contributed by atoms with van der Waals surface area (Å²) in [6, 6.07) is 7.69. The Morgan fingerprint density at radius 2 is 2.05 bits per heavy atom. The zero-order chi connectivity index (χ0) is 15.4. The van der Waals surface area contributed by atoms with Gasteiger partial charge < -0.3 is 10.4 Å². The van der Waals surface area contributed by atoms with E-state index in [0.717, 1.165) is 11.3 Å². The fraction of sp³-hybridized carbons (Fsp3) is 0.0769. The Bertz CT molecular complexity index is 710. The molecule has 2 rings (SSSR count). The molecule has 2 N–H and O–H groups in total. The highest BCUT2D eigenvalue weighted by Crippen LogP contribution is 2.24. The van der Waals surface area contributed by atoms with Crippen LogP contribution in [0.15, 0.2) is 35.7 Å². The summed E-state index contributed by atoms with van der Waals surface area (Å²) in [5.41, 5.74) is 0.999. The molecular formula is C13H10N2O5S. The first-order chi connectivity index (χ1) is 9.97. The lowest BCUT2D eigenvalue weighted by Gasteiger charge is -2.08. The fourth-order valence-electron chi connectivity index (χ4n) is 1.69. The molecule has 8 heteroatoms. The minimum atomic E-state index is -1.01. The number of para-hydroxylation sites is 1. The molecule has 0 unspecified atom stereocenters. The van der Waals surface area contributed by atoms with Gasteiger partial charge in [0.2, 0.25) is 0 Å². The van der Waals surface area contributed by atoms with Crippen molar-refractivity contribution in [2.24, 2.45) is 0 Å². The highest BCUT2D eigenvalue weighted by molar-refractivity contribution is 7.13. The molecule has 0 aliphatic rings. The highest BCUT2D eigenvalue weighted by atomic mass is 32.1. The summed E-state index contributed by atoms with van der Waals surface area (Å²) >= 11 is 0.857. The minimum Gasteiger partial charge on any atom is -0.481 e. The van der Waals surface area contributed by atoms with Crippen molar-refractivity contribution in [1.82, 2.24) is 0 Å². The Hall–Kier alpha value is -2.74. The second kappa shape index (κ2) is 6.14. The molecular weight excluding hydrogens is 296 g/mol. The molecule has 1 amide bonds. The van der Waals surface area contributed by atoms with Crippen molar-refractivity contribution >= 4 is 33.9 Å². The van der Waals surface area contributed by atoms with E-state index in [1.54, 1.807) is 24.3 Å². The van der Waals surface area contributed by atoms with Gasteiger partial charge in [-0.1, -0.05) is 29.5 Å². The van der Waals surface area contributed by atoms with E-state index in [2.05, 4.69) is 5.32 Å². The highest BCUT2D eigenvalue weighted by Gasteiger charge is 2.16. The van der Waals surface area contributed by atoms with Crippen molar-refractivity contribution in [3.8, 4) is 0 Å². The number of carboxylic acids is 1. The van der Waals surface area contributed by atoms with E-state index >= 15 is 0 Å². The molecule has 7 nitrogen and oxygen atoms in total. The van der Waals surface area contributed by atoms with Gasteiger partial charge >= 0.3 is 11.0 Å². The molecule has 108 valence electrons. The quantitative estimate of drug-likeness (QED) is 0.651. The van der Waals surface area contributed by atoms with Crippen LogP contribution in [0.1, 0.15) is 15.9 Å². The van der Waals surface area contributed by atoms with Crippen molar-refractivity contribution < 1.29 is 19.6 Å². The molecule has 0 fully saturated rings. The number of anilines is 1. The average molecular weight is 306 g/mol. The first kappa shape index (κ1) is 14.7. The van der Waals surface area contributed by atoms with Crippen LogP contribution in [0.2, 0.25) is 0 Å². The number of amides is 1. The number of carbonyl (C=O) groups excluding carboxylic acids is 1. The maximum absolute atomic E-state index is 12.0. The van der Waals surface area contributed by atoms with Crippen LogP contribution in [-0.2, 0) is 11.2 Å². The Labute approximate surface area is 123 Å². The third-order valence-corrected chi connectivity index (χ3v) is 3.52. The van der Waals surface area contributed by atoms with Gasteiger partial charge in [-0.2, -0.15) is 0 Å². The van der Waals surface area contributed by atoms with E-state index in [1.807, 2.05) is 0 Å². The van der Waals surface area contributed by atoms with Crippen LogP contribution >= 0.6 is 11.3 Å². The van der Waals surface area contributed by atoms with Gasteiger partial charge in [0, 0.05) is 17.1 Å².